The molecule has 1 saturated carbocycles. The van der Waals surface area contributed by atoms with Crippen molar-refractivity contribution >= 4 is 11.6 Å². The van der Waals surface area contributed by atoms with E-state index in [-0.39, 0.29) is 0 Å². The monoisotopic (exact) mass is 502 g/mol. The first-order valence-corrected chi connectivity index (χ1v) is 11.3. The number of nitrogens with zero attached hydrogens (tertiary/aromatic N) is 4. The predicted octanol–water partition coefficient (Wildman–Crippen LogP) is 5.59. The molecule has 3 heterocycles. The fourth-order valence-corrected chi connectivity index (χ4v) is 4.59. The number of pyridine rings is 1. The minimum atomic E-state index is -4.79. The van der Waals surface area contributed by atoms with Crippen LogP contribution in [0.25, 0.3) is 0 Å². The number of halogens is 4. The Hall–Kier alpha value is -3.96. The van der Waals surface area contributed by atoms with Crippen molar-refractivity contribution < 1.29 is 26.7 Å². The lowest BCUT2D eigenvalue weighted by Gasteiger charge is -2.37. The number of hydrogen-bond donors (Lipinski definition) is 2. The van der Waals surface area contributed by atoms with Gasteiger partial charge >= 0.3 is 6.18 Å². The maximum Gasteiger partial charge on any atom is 0.419 e. The topological polar surface area (TPSA) is 102 Å². The molecule has 2 N–H and O–H groups in total. The second-order valence-electron chi connectivity index (χ2n) is 8.74. The number of aromatic amines is 1. The van der Waals surface area contributed by atoms with Gasteiger partial charge in [0.15, 0.2) is 11.6 Å². The van der Waals surface area contributed by atoms with Crippen LogP contribution in [0.5, 0.6) is 5.75 Å². The lowest BCUT2D eigenvalue weighted by Crippen LogP contribution is -2.38. The summed E-state index contributed by atoms with van der Waals surface area (Å²) in [6.07, 6.45) is 0.147. The van der Waals surface area contributed by atoms with Gasteiger partial charge in [0.2, 0.25) is 12.3 Å². The van der Waals surface area contributed by atoms with Gasteiger partial charge in [-0.05, 0) is 49.9 Å². The highest BCUT2D eigenvalue weighted by molar-refractivity contribution is 5.50. The van der Waals surface area contributed by atoms with Crippen LogP contribution in [0, 0.1) is 5.82 Å². The zero-order chi connectivity index (χ0) is 25.2. The lowest BCUT2D eigenvalue weighted by molar-refractivity contribution is -0.140. The first-order valence-electron chi connectivity index (χ1n) is 11.3. The van der Waals surface area contributed by atoms with Gasteiger partial charge in [-0.15, -0.1) is 10.2 Å². The largest absolute Gasteiger partial charge is 0.487 e. The standard InChI is InChI=1S/C24H22F4N6O2/c25-21-17(24(26,27)28)4-2-5-18(21)36-16-7-10-23(11-8-16,22-34-30-14-35-22)13-15-3-1-6-19(31-15)32-20-9-12-29-33-20/h1-6,9,12,14,16H,7-8,10-11,13H2,(H2,29,31,32,33). The van der Waals surface area contributed by atoms with Crippen LogP contribution in [0.4, 0.5) is 29.2 Å². The van der Waals surface area contributed by atoms with E-state index in [0.29, 0.717) is 55.7 Å². The highest BCUT2D eigenvalue weighted by Crippen LogP contribution is 2.43. The molecule has 0 spiro atoms. The van der Waals surface area contributed by atoms with Crippen LogP contribution >= 0.6 is 0 Å². The van der Waals surface area contributed by atoms with Crippen LogP contribution in [0.2, 0.25) is 0 Å². The van der Waals surface area contributed by atoms with Crippen molar-refractivity contribution in [2.75, 3.05) is 5.32 Å². The Kier molecular flexibility index (Phi) is 6.33. The van der Waals surface area contributed by atoms with Gasteiger partial charge in [0, 0.05) is 18.2 Å². The van der Waals surface area contributed by atoms with Gasteiger partial charge in [-0.1, -0.05) is 12.1 Å². The van der Waals surface area contributed by atoms with Crippen molar-refractivity contribution in [3.8, 4) is 5.75 Å². The van der Waals surface area contributed by atoms with E-state index in [2.05, 4.69) is 25.7 Å². The summed E-state index contributed by atoms with van der Waals surface area (Å²) in [5, 5.41) is 17.9. The quantitative estimate of drug-likeness (QED) is 0.318. The summed E-state index contributed by atoms with van der Waals surface area (Å²) < 4.78 is 64.9. The van der Waals surface area contributed by atoms with Crippen molar-refractivity contribution in [1.82, 2.24) is 25.4 Å². The van der Waals surface area contributed by atoms with E-state index in [4.69, 9.17) is 14.1 Å². The minimum absolute atomic E-state index is 0.403. The Morgan fingerprint density at radius 2 is 1.92 bits per heavy atom. The molecule has 8 nitrogen and oxygen atoms in total. The second-order valence-corrected chi connectivity index (χ2v) is 8.74. The molecule has 36 heavy (non-hydrogen) atoms. The SMILES string of the molecule is Fc1c(OC2CCC(Cc3cccc(Nc4ccn[nH]4)n3)(c3nnco3)CC2)cccc1C(F)(F)F. The fraction of sp³-hybridized carbons (Fsp3) is 0.333. The molecular weight excluding hydrogens is 480 g/mol. The molecule has 4 aromatic rings. The zero-order valence-corrected chi connectivity index (χ0v) is 18.9. The molecule has 0 amide bonds. The third kappa shape index (κ3) is 5.02. The zero-order valence-electron chi connectivity index (χ0n) is 18.9. The summed E-state index contributed by atoms with van der Waals surface area (Å²) in [6.45, 7) is 0. The maximum absolute atomic E-state index is 14.5. The van der Waals surface area contributed by atoms with Crippen molar-refractivity contribution in [2.24, 2.45) is 0 Å². The molecular formula is C24H22F4N6O2. The van der Waals surface area contributed by atoms with Gasteiger partial charge in [0.05, 0.1) is 23.3 Å². The molecule has 5 rings (SSSR count). The third-order valence-electron chi connectivity index (χ3n) is 6.36. The molecule has 0 unspecified atom stereocenters. The first kappa shape index (κ1) is 23.8. The Balaban J connectivity index is 1.32. The number of aromatic nitrogens is 5. The summed E-state index contributed by atoms with van der Waals surface area (Å²) in [5.41, 5.74) is -1.09. The first-order chi connectivity index (χ1) is 17.3. The summed E-state index contributed by atoms with van der Waals surface area (Å²) in [7, 11) is 0. The number of rotatable bonds is 7. The van der Waals surface area contributed by atoms with Crippen LogP contribution in [0.15, 0.2) is 59.5 Å². The Morgan fingerprint density at radius 3 is 2.61 bits per heavy atom. The van der Waals surface area contributed by atoms with Crippen LogP contribution < -0.4 is 10.1 Å². The highest BCUT2D eigenvalue weighted by Gasteiger charge is 2.42. The molecule has 188 valence electrons. The number of hydrogen-bond acceptors (Lipinski definition) is 7. The van der Waals surface area contributed by atoms with Crippen molar-refractivity contribution in [1.29, 1.82) is 0 Å². The number of nitrogens with one attached hydrogen (secondary N) is 2. The molecule has 0 radical (unpaired) electrons. The summed E-state index contributed by atoms with van der Waals surface area (Å²) in [6, 6.07) is 10.5. The average Bonchev–Trinajstić information content (AvgIpc) is 3.56. The Labute approximate surface area is 203 Å². The van der Waals surface area contributed by atoms with E-state index < -0.39 is 34.8 Å². The van der Waals surface area contributed by atoms with Gasteiger partial charge in [-0.2, -0.15) is 18.3 Å². The Bertz CT molecular complexity index is 1290. The average molecular weight is 502 g/mol. The van der Waals surface area contributed by atoms with Crippen molar-refractivity contribution in [3.63, 3.8) is 0 Å². The molecule has 1 aliphatic rings. The smallest absolute Gasteiger partial charge is 0.419 e. The van der Waals surface area contributed by atoms with Crippen LogP contribution in [-0.4, -0.2) is 31.5 Å². The molecule has 3 aromatic heterocycles. The molecule has 0 saturated heterocycles. The highest BCUT2D eigenvalue weighted by atomic mass is 19.4. The van der Waals surface area contributed by atoms with Crippen LogP contribution in [-0.2, 0) is 18.0 Å². The normalized spacial score (nSPS) is 20.3. The predicted molar refractivity (Wildman–Crippen MR) is 120 cm³/mol. The number of H-pyrrole nitrogens is 1. The van der Waals surface area contributed by atoms with Crippen molar-refractivity contribution in [2.45, 2.75) is 49.8 Å². The molecule has 1 aliphatic carbocycles. The summed E-state index contributed by atoms with van der Waals surface area (Å²) >= 11 is 0. The second kappa shape index (κ2) is 9.59. The number of alkyl halides is 3. The number of ether oxygens (including phenoxy) is 1. The summed E-state index contributed by atoms with van der Waals surface area (Å²) in [4.78, 5) is 4.69. The lowest BCUT2D eigenvalue weighted by atomic mass is 9.70. The molecule has 12 heteroatoms. The van der Waals surface area contributed by atoms with Gasteiger partial charge in [0.25, 0.3) is 0 Å². The van der Waals surface area contributed by atoms with Gasteiger partial charge in [-0.25, -0.2) is 9.37 Å². The van der Waals surface area contributed by atoms with Gasteiger partial charge < -0.3 is 14.5 Å². The van der Waals surface area contributed by atoms with Crippen LogP contribution in [0.3, 0.4) is 0 Å². The third-order valence-corrected chi connectivity index (χ3v) is 6.36. The van der Waals surface area contributed by atoms with E-state index in [1.54, 1.807) is 12.3 Å². The van der Waals surface area contributed by atoms with E-state index in [9.17, 15) is 17.6 Å². The number of benzene rings is 1. The fourth-order valence-electron chi connectivity index (χ4n) is 4.59. The Morgan fingerprint density at radius 1 is 1.11 bits per heavy atom. The summed E-state index contributed by atoms with van der Waals surface area (Å²) in [5.74, 6) is -0.0102. The minimum Gasteiger partial charge on any atom is -0.487 e. The van der Waals surface area contributed by atoms with Crippen LogP contribution in [0.1, 0.15) is 42.8 Å². The van der Waals surface area contributed by atoms with E-state index in [0.717, 1.165) is 11.8 Å². The molecule has 0 aliphatic heterocycles. The molecule has 1 fully saturated rings. The van der Waals surface area contributed by atoms with Crippen molar-refractivity contribution in [3.05, 3.63) is 78.0 Å². The van der Waals surface area contributed by atoms with E-state index in [1.165, 1.54) is 12.5 Å². The molecule has 0 atom stereocenters. The van der Waals surface area contributed by atoms with E-state index >= 15 is 0 Å². The molecule has 0 bridgehead atoms. The van der Waals surface area contributed by atoms with E-state index in [1.807, 2.05) is 18.2 Å². The van der Waals surface area contributed by atoms with Gasteiger partial charge in [0.1, 0.15) is 11.6 Å². The maximum atomic E-state index is 14.5. The number of anilines is 2. The molecule has 1 aromatic carbocycles. The van der Waals surface area contributed by atoms with Gasteiger partial charge in [-0.3, -0.25) is 5.10 Å².